The molecule has 1 aliphatic heterocycles. The van der Waals surface area contributed by atoms with Gasteiger partial charge >= 0.3 is 11.7 Å². The molecule has 2 aliphatic rings. The minimum atomic E-state index is -0.991. The number of rotatable bonds is 9. The van der Waals surface area contributed by atoms with Crippen molar-refractivity contribution in [3.63, 3.8) is 0 Å². The van der Waals surface area contributed by atoms with Crippen molar-refractivity contribution in [3.8, 4) is 16.5 Å². The number of hydrogen-bond donors (Lipinski definition) is 1. The Balaban J connectivity index is 1.52. The first-order chi connectivity index (χ1) is 20.2. The molecule has 0 radical (unpaired) electrons. The van der Waals surface area contributed by atoms with Crippen LogP contribution in [-0.4, -0.2) is 51.6 Å². The molecule has 1 saturated carbocycles. The quantitative estimate of drug-likeness (QED) is 0.295. The van der Waals surface area contributed by atoms with E-state index in [-0.39, 0.29) is 25.5 Å². The number of nitrogens with zero attached hydrogens (tertiary/aromatic N) is 3. The topological polar surface area (TPSA) is 135 Å². The summed E-state index contributed by atoms with van der Waals surface area (Å²) in [6.45, 7) is 4.75. The maximum Gasteiger partial charge on any atom is 0.332 e. The lowest BCUT2D eigenvalue weighted by atomic mass is 9.67. The van der Waals surface area contributed by atoms with E-state index in [1.54, 1.807) is 18.6 Å². The number of oxazole rings is 1. The zero-order valence-electron chi connectivity index (χ0n) is 23.7. The molecule has 4 heterocycles. The number of para-hydroxylation sites is 1. The van der Waals surface area contributed by atoms with E-state index in [4.69, 9.17) is 18.6 Å². The van der Waals surface area contributed by atoms with Crippen LogP contribution < -0.4 is 16.0 Å². The van der Waals surface area contributed by atoms with Crippen LogP contribution in [0.15, 0.2) is 50.7 Å². The van der Waals surface area contributed by atoms with Crippen molar-refractivity contribution in [2.24, 2.45) is 5.41 Å². The van der Waals surface area contributed by atoms with Gasteiger partial charge in [-0.05, 0) is 51.2 Å². The summed E-state index contributed by atoms with van der Waals surface area (Å²) in [5.74, 6) is 0.0545. The zero-order chi connectivity index (χ0) is 29.6. The van der Waals surface area contributed by atoms with Gasteiger partial charge in [-0.3, -0.25) is 18.7 Å². The fourth-order valence-electron chi connectivity index (χ4n) is 6.08. The molecule has 0 spiro atoms. The molecular weight excluding hydrogens is 562 g/mol. The minimum absolute atomic E-state index is 0.0818. The predicted octanol–water partition coefficient (Wildman–Crippen LogP) is 4.56. The first-order valence-corrected chi connectivity index (χ1v) is 14.8. The second-order valence-corrected chi connectivity index (χ2v) is 12.2. The number of carboxylic acids is 1. The first kappa shape index (κ1) is 28.4. The number of aryl methyl sites for hydroxylation is 1. The molecule has 3 aromatic heterocycles. The van der Waals surface area contributed by atoms with Crippen molar-refractivity contribution < 1.29 is 28.5 Å². The van der Waals surface area contributed by atoms with Gasteiger partial charge in [0.1, 0.15) is 22.9 Å². The first-order valence-electron chi connectivity index (χ1n) is 14.0. The number of methoxy groups -OCH3 is 1. The molecule has 4 aromatic rings. The summed E-state index contributed by atoms with van der Waals surface area (Å²) in [4.78, 5) is 45.5. The van der Waals surface area contributed by atoms with Crippen LogP contribution in [0, 0.1) is 12.3 Å². The van der Waals surface area contributed by atoms with Crippen LogP contribution in [0.5, 0.6) is 5.75 Å². The van der Waals surface area contributed by atoms with Gasteiger partial charge in [0.15, 0.2) is 0 Å². The number of carbonyl (C=O) groups is 1. The van der Waals surface area contributed by atoms with Crippen molar-refractivity contribution >= 4 is 27.5 Å². The van der Waals surface area contributed by atoms with E-state index >= 15 is 0 Å². The molecule has 1 aliphatic carbocycles. The molecule has 1 atom stereocenters. The van der Waals surface area contributed by atoms with E-state index in [0.29, 0.717) is 45.5 Å². The third-order valence-corrected chi connectivity index (χ3v) is 9.79. The Hall–Kier alpha value is -3.74. The Labute approximate surface area is 245 Å². The van der Waals surface area contributed by atoms with Gasteiger partial charge in [-0.25, -0.2) is 9.78 Å². The number of aromatic nitrogens is 3. The molecule has 222 valence electrons. The lowest BCUT2D eigenvalue weighted by molar-refractivity contribution is -0.155. The summed E-state index contributed by atoms with van der Waals surface area (Å²) >= 11 is 1.27. The van der Waals surface area contributed by atoms with Gasteiger partial charge in [0.2, 0.25) is 5.89 Å². The highest BCUT2D eigenvalue weighted by atomic mass is 32.1. The Bertz CT molecular complexity index is 1730. The Kier molecular flexibility index (Phi) is 7.54. The number of thiophene rings is 1. The molecule has 1 aromatic carbocycles. The largest absolute Gasteiger partial charge is 0.496 e. The molecule has 42 heavy (non-hydrogen) atoms. The Morgan fingerprint density at radius 2 is 1.98 bits per heavy atom. The summed E-state index contributed by atoms with van der Waals surface area (Å²) in [7, 11) is 1.59. The second-order valence-electron chi connectivity index (χ2n) is 11.2. The maximum absolute atomic E-state index is 14.3. The van der Waals surface area contributed by atoms with Gasteiger partial charge in [-0.15, -0.1) is 11.3 Å². The number of ether oxygens (including phenoxy) is 3. The summed E-state index contributed by atoms with van der Waals surface area (Å²) in [5.41, 5.74) is -0.484. The molecule has 0 bridgehead atoms. The van der Waals surface area contributed by atoms with Crippen molar-refractivity contribution in [2.75, 3.05) is 20.3 Å². The van der Waals surface area contributed by atoms with Crippen LogP contribution in [0.3, 0.4) is 0 Å². The number of carboxylic acid groups (broad SMARTS) is 1. The summed E-state index contributed by atoms with van der Waals surface area (Å²) in [6, 6.07) is 7.01. The van der Waals surface area contributed by atoms with Crippen LogP contribution >= 0.6 is 11.3 Å². The van der Waals surface area contributed by atoms with Gasteiger partial charge in [0.25, 0.3) is 5.56 Å². The van der Waals surface area contributed by atoms with Crippen molar-refractivity contribution in [3.05, 3.63) is 68.7 Å². The van der Waals surface area contributed by atoms with Gasteiger partial charge < -0.3 is 23.7 Å². The summed E-state index contributed by atoms with van der Waals surface area (Å²) in [6.07, 6.45) is 4.16. The Morgan fingerprint density at radius 3 is 2.64 bits per heavy atom. The highest BCUT2D eigenvalue weighted by Crippen LogP contribution is 2.48. The van der Waals surface area contributed by atoms with Crippen LogP contribution in [0.1, 0.15) is 55.9 Å². The van der Waals surface area contributed by atoms with Crippen LogP contribution in [0.2, 0.25) is 0 Å². The van der Waals surface area contributed by atoms with Crippen molar-refractivity contribution in [2.45, 2.75) is 64.3 Å². The molecule has 2 fully saturated rings. The van der Waals surface area contributed by atoms with E-state index in [1.807, 2.05) is 31.2 Å². The fraction of sp³-hybridized carbons (Fsp3) is 0.467. The molecule has 1 saturated heterocycles. The van der Waals surface area contributed by atoms with Gasteiger partial charge in [-0.1, -0.05) is 18.2 Å². The van der Waals surface area contributed by atoms with Gasteiger partial charge in [-0.2, -0.15) is 0 Å². The third-order valence-electron chi connectivity index (χ3n) is 8.48. The number of hydrogen-bond acceptors (Lipinski definition) is 9. The molecule has 11 nitrogen and oxygen atoms in total. The molecule has 1 N–H and O–H groups in total. The normalized spacial score (nSPS) is 21.7. The molecule has 12 heteroatoms. The van der Waals surface area contributed by atoms with E-state index < -0.39 is 34.8 Å². The molecule has 6 rings (SSSR count). The number of aliphatic carboxylic acids is 1. The van der Waals surface area contributed by atoms with E-state index in [2.05, 4.69) is 4.98 Å². The average Bonchev–Trinajstić information content (AvgIpc) is 3.62. The van der Waals surface area contributed by atoms with E-state index in [1.165, 1.54) is 28.4 Å². The number of fused-ring (bicyclic) bond motifs is 1. The molecule has 0 amide bonds. The Morgan fingerprint density at radius 1 is 1.24 bits per heavy atom. The van der Waals surface area contributed by atoms with E-state index in [0.717, 1.165) is 18.4 Å². The highest BCUT2D eigenvalue weighted by Gasteiger charge is 2.48. The SMILES string of the molecule is COc1ccccc1C(Cn1c(=O)n(C2CC(C)(C(=O)O)C2)c(=O)c2c(C)c(-c3ncco3)sc21)OC1CCOCC1. The maximum atomic E-state index is 14.3. The van der Waals surface area contributed by atoms with Crippen LogP contribution in [-0.2, 0) is 20.8 Å². The van der Waals surface area contributed by atoms with Gasteiger partial charge in [0.05, 0.1) is 41.6 Å². The fourth-order valence-corrected chi connectivity index (χ4v) is 7.32. The lowest BCUT2D eigenvalue weighted by Crippen LogP contribution is -2.51. The molecule has 1 unspecified atom stereocenters. The minimum Gasteiger partial charge on any atom is -0.496 e. The lowest BCUT2D eigenvalue weighted by Gasteiger charge is -2.42. The smallest absolute Gasteiger partial charge is 0.332 e. The van der Waals surface area contributed by atoms with Crippen LogP contribution in [0.4, 0.5) is 0 Å². The van der Waals surface area contributed by atoms with E-state index in [9.17, 15) is 19.5 Å². The summed E-state index contributed by atoms with van der Waals surface area (Å²) < 4.78 is 26.3. The molecular formula is C30H33N3O8S. The number of benzene rings is 1. The highest BCUT2D eigenvalue weighted by molar-refractivity contribution is 7.22. The predicted molar refractivity (Wildman–Crippen MR) is 155 cm³/mol. The summed E-state index contributed by atoms with van der Waals surface area (Å²) in [5, 5.41) is 10.1. The van der Waals surface area contributed by atoms with Crippen molar-refractivity contribution in [1.29, 1.82) is 0 Å². The zero-order valence-corrected chi connectivity index (χ0v) is 24.5. The third kappa shape index (κ3) is 4.87. The van der Waals surface area contributed by atoms with Gasteiger partial charge in [0, 0.05) is 24.8 Å². The monoisotopic (exact) mass is 595 g/mol. The van der Waals surface area contributed by atoms with Crippen LogP contribution in [0.25, 0.3) is 21.0 Å². The standard InChI is InChI=1S/C30H33N3O8S/c1-17-23-26(34)33(18-14-30(2,15-18)28(35)36)29(37)32(27(23)42-24(17)25-31-10-13-40-25)16-22(41-19-8-11-39-12-9-19)20-6-4-5-7-21(20)38-3/h4-7,10,13,18-19,22H,8-9,11-12,14-16H2,1-3H3,(H,35,36). The van der Waals surface area contributed by atoms with Crippen molar-refractivity contribution in [1.82, 2.24) is 14.1 Å². The average molecular weight is 596 g/mol. The second kappa shape index (κ2) is 11.2.